The highest BCUT2D eigenvalue weighted by atomic mass is 16.8. The lowest BCUT2D eigenvalue weighted by Crippen LogP contribution is -2.12. The van der Waals surface area contributed by atoms with Gasteiger partial charge < -0.3 is 19.3 Å². The molecule has 0 saturated heterocycles. The topological polar surface area (TPSA) is 82.1 Å². The van der Waals surface area contributed by atoms with E-state index < -0.39 is 6.16 Å². The summed E-state index contributed by atoms with van der Waals surface area (Å²) in [6.07, 6.45) is -0.969. The number of benzene rings is 2. The van der Waals surface area contributed by atoms with Crippen LogP contribution in [0.15, 0.2) is 48.5 Å². The maximum atomic E-state index is 12.2. The summed E-state index contributed by atoms with van der Waals surface area (Å²) in [6.45, 7) is -0.241. The SMILES string of the molecule is COCOC(=O)Oc1ccc(C(=O)c2ccccc2)c(O)c1. The molecule has 2 rings (SSSR count). The molecule has 0 bridgehead atoms. The zero-order valence-corrected chi connectivity index (χ0v) is 11.8. The van der Waals surface area contributed by atoms with Crippen LogP contribution in [-0.2, 0) is 9.47 Å². The van der Waals surface area contributed by atoms with Crippen LogP contribution in [0.5, 0.6) is 11.5 Å². The van der Waals surface area contributed by atoms with Gasteiger partial charge in [-0.05, 0) is 12.1 Å². The summed E-state index contributed by atoms with van der Waals surface area (Å²) in [5, 5.41) is 9.93. The smallest absolute Gasteiger partial charge is 0.507 e. The van der Waals surface area contributed by atoms with E-state index in [4.69, 9.17) is 4.74 Å². The third kappa shape index (κ3) is 3.83. The van der Waals surface area contributed by atoms with E-state index in [0.29, 0.717) is 5.56 Å². The summed E-state index contributed by atoms with van der Waals surface area (Å²) < 4.78 is 13.9. The predicted molar refractivity (Wildman–Crippen MR) is 77.0 cm³/mol. The van der Waals surface area contributed by atoms with Gasteiger partial charge in [0.2, 0.25) is 0 Å². The first-order chi connectivity index (χ1) is 10.6. The first-order valence-corrected chi connectivity index (χ1v) is 6.38. The molecule has 22 heavy (non-hydrogen) atoms. The molecule has 6 nitrogen and oxygen atoms in total. The molecule has 0 aliphatic heterocycles. The minimum atomic E-state index is -0.969. The molecule has 0 aromatic heterocycles. The van der Waals surface area contributed by atoms with Gasteiger partial charge in [0.05, 0.1) is 5.56 Å². The van der Waals surface area contributed by atoms with E-state index in [1.54, 1.807) is 30.3 Å². The van der Waals surface area contributed by atoms with E-state index in [0.717, 1.165) is 0 Å². The number of carbonyl (C=O) groups is 2. The van der Waals surface area contributed by atoms with E-state index in [-0.39, 0.29) is 29.6 Å². The molecule has 2 aromatic carbocycles. The average molecular weight is 302 g/mol. The normalized spacial score (nSPS) is 10.0. The molecule has 0 spiro atoms. The molecule has 114 valence electrons. The largest absolute Gasteiger partial charge is 0.515 e. The molecule has 6 heteroatoms. The molecular weight excluding hydrogens is 288 g/mol. The summed E-state index contributed by atoms with van der Waals surface area (Å²) in [5.41, 5.74) is 0.565. The van der Waals surface area contributed by atoms with Gasteiger partial charge in [-0.1, -0.05) is 30.3 Å². The zero-order chi connectivity index (χ0) is 15.9. The summed E-state index contributed by atoms with van der Waals surface area (Å²) in [4.78, 5) is 23.5. The lowest BCUT2D eigenvalue weighted by Gasteiger charge is -2.08. The highest BCUT2D eigenvalue weighted by Crippen LogP contribution is 2.26. The number of hydrogen-bond acceptors (Lipinski definition) is 6. The Kier molecular flexibility index (Phi) is 5.11. The van der Waals surface area contributed by atoms with Crippen LogP contribution < -0.4 is 4.74 Å². The van der Waals surface area contributed by atoms with Gasteiger partial charge in [-0.25, -0.2) is 4.79 Å². The van der Waals surface area contributed by atoms with E-state index in [9.17, 15) is 14.7 Å². The van der Waals surface area contributed by atoms with Gasteiger partial charge >= 0.3 is 6.16 Å². The van der Waals surface area contributed by atoms with Crippen LogP contribution in [-0.4, -0.2) is 30.9 Å². The summed E-state index contributed by atoms with van der Waals surface area (Å²) in [5.74, 6) is -0.555. The lowest BCUT2D eigenvalue weighted by molar-refractivity contribution is -0.00776. The van der Waals surface area contributed by atoms with E-state index in [1.165, 1.54) is 25.3 Å². The molecule has 0 aliphatic rings. The van der Waals surface area contributed by atoms with Crippen molar-refractivity contribution in [2.75, 3.05) is 13.9 Å². The van der Waals surface area contributed by atoms with Gasteiger partial charge in [0.1, 0.15) is 11.5 Å². The summed E-state index contributed by atoms with van der Waals surface area (Å²) in [7, 11) is 1.36. The first kappa shape index (κ1) is 15.5. The second-order valence-corrected chi connectivity index (χ2v) is 4.28. The number of aromatic hydroxyl groups is 1. The van der Waals surface area contributed by atoms with Crippen molar-refractivity contribution in [3.63, 3.8) is 0 Å². The fourth-order valence-electron chi connectivity index (χ4n) is 1.74. The van der Waals surface area contributed by atoms with Crippen molar-refractivity contribution in [1.29, 1.82) is 0 Å². The second kappa shape index (κ2) is 7.24. The van der Waals surface area contributed by atoms with Gasteiger partial charge in [-0.2, -0.15) is 0 Å². The second-order valence-electron chi connectivity index (χ2n) is 4.28. The Hall–Kier alpha value is -2.86. The average Bonchev–Trinajstić information content (AvgIpc) is 2.53. The predicted octanol–water partition coefficient (Wildman–Crippen LogP) is 2.74. The molecule has 0 heterocycles. The van der Waals surface area contributed by atoms with Crippen molar-refractivity contribution >= 4 is 11.9 Å². The van der Waals surface area contributed by atoms with E-state index in [1.807, 2.05) is 0 Å². The van der Waals surface area contributed by atoms with Crippen LogP contribution >= 0.6 is 0 Å². The maximum absolute atomic E-state index is 12.2. The van der Waals surface area contributed by atoms with Gasteiger partial charge in [-0.15, -0.1) is 0 Å². The fourth-order valence-corrected chi connectivity index (χ4v) is 1.74. The minimum absolute atomic E-state index is 0.0585. The lowest BCUT2D eigenvalue weighted by atomic mass is 10.0. The van der Waals surface area contributed by atoms with Gasteiger partial charge in [0.25, 0.3) is 0 Å². The Morgan fingerprint density at radius 2 is 1.82 bits per heavy atom. The van der Waals surface area contributed by atoms with Crippen LogP contribution in [0.4, 0.5) is 4.79 Å². The highest BCUT2D eigenvalue weighted by Gasteiger charge is 2.15. The van der Waals surface area contributed by atoms with Crippen LogP contribution in [0.3, 0.4) is 0 Å². The Bertz CT molecular complexity index is 666. The fraction of sp³-hybridized carbons (Fsp3) is 0.125. The molecule has 0 radical (unpaired) electrons. The maximum Gasteiger partial charge on any atom is 0.515 e. The number of carbonyl (C=O) groups excluding carboxylic acids is 2. The van der Waals surface area contributed by atoms with Crippen molar-refractivity contribution in [3.05, 3.63) is 59.7 Å². The Labute approximate surface area is 126 Å². The van der Waals surface area contributed by atoms with E-state index in [2.05, 4.69) is 9.47 Å². The van der Waals surface area contributed by atoms with Crippen molar-refractivity contribution in [3.8, 4) is 11.5 Å². The quantitative estimate of drug-likeness (QED) is 0.396. The molecule has 0 unspecified atom stereocenters. The third-order valence-corrected chi connectivity index (χ3v) is 2.75. The number of ether oxygens (including phenoxy) is 3. The monoisotopic (exact) mass is 302 g/mol. The van der Waals surface area contributed by atoms with Crippen molar-refractivity contribution in [2.45, 2.75) is 0 Å². The van der Waals surface area contributed by atoms with Gasteiger partial charge in [0.15, 0.2) is 12.6 Å². The van der Waals surface area contributed by atoms with Crippen LogP contribution in [0.25, 0.3) is 0 Å². The minimum Gasteiger partial charge on any atom is -0.507 e. The molecular formula is C16H14O6. The molecule has 0 saturated carbocycles. The molecule has 1 N–H and O–H groups in total. The van der Waals surface area contributed by atoms with Crippen LogP contribution in [0.2, 0.25) is 0 Å². The summed E-state index contributed by atoms with van der Waals surface area (Å²) in [6, 6.07) is 12.5. The standard InChI is InChI=1S/C16H14O6/c1-20-10-21-16(19)22-12-7-8-13(14(17)9-12)15(18)11-5-3-2-4-6-11/h2-9,17H,10H2,1H3. The van der Waals surface area contributed by atoms with Gasteiger partial charge in [0, 0.05) is 18.7 Å². The number of phenols is 1. The third-order valence-electron chi connectivity index (χ3n) is 2.75. The first-order valence-electron chi connectivity index (χ1n) is 6.38. The van der Waals surface area contributed by atoms with Crippen molar-refractivity contribution in [2.24, 2.45) is 0 Å². The Balaban J connectivity index is 2.13. The van der Waals surface area contributed by atoms with Crippen LogP contribution in [0.1, 0.15) is 15.9 Å². The summed E-state index contributed by atoms with van der Waals surface area (Å²) >= 11 is 0. The zero-order valence-electron chi connectivity index (χ0n) is 11.8. The number of ketones is 1. The van der Waals surface area contributed by atoms with Crippen molar-refractivity contribution < 1.29 is 28.9 Å². The number of hydrogen-bond donors (Lipinski definition) is 1. The molecule has 2 aromatic rings. The molecule has 0 aliphatic carbocycles. The van der Waals surface area contributed by atoms with Crippen molar-refractivity contribution in [1.82, 2.24) is 0 Å². The highest BCUT2D eigenvalue weighted by molar-refractivity contribution is 6.10. The molecule has 0 amide bonds. The Morgan fingerprint density at radius 1 is 1.09 bits per heavy atom. The molecule has 0 fully saturated rings. The van der Waals surface area contributed by atoms with E-state index >= 15 is 0 Å². The van der Waals surface area contributed by atoms with Gasteiger partial charge in [-0.3, -0.25) is 4.79 Å². The molecule has 0 atom stereocenters. The number of phenolic OH excluding ortho intramolecular Hbond substituents is 1. The number of rotatable bonds is 5. The van der Waals surface area contributed by atoms with Crippen LogP contribution in [0, 0.1) is 0 Å². The number of methoxy groups -OCH3 is 1. The Morgan fingerprint density at radius 3 is 2.45 bits per heavy atom.